The van der Waals surface area contributed by atoms with Gasteiger partial charge in [-0.3, -0.25) is 9.69 Å². The van der Waals surface area contributed by atoms with Gasteiger partial charge in [0.1, 0.15) is 0 Å². The number of nitrogens with zero attached hydrogens (tertiary/aromatic N) is 3. The maximum absolute atomic E-state index is 10.8. The molecule has 16 heavy (non-hydrogen) atoms. The molecule has 0 fully saturated rings. The summed E-state index contributed by atoms with van der Waals surface area (Å²) in [5.74, 6) is -0.845. The highest BCUT2D eigenvalue weighted by atomic mass is 32.2. The Labute approximate surface area is 97.9 Å². The molecule has 0 radical (unpaired) electrons. The van der Waals surface area contributed by atoms with Gasteiger partial charge in [-0.2, -0.15) is 0 Å². The predicted octanol–water partition coefficient (Wildman–Crippen LogP) is 0.771. The van der Waals surface area contributed by atoms with Crippen molar-refractivity contribution in [2.45, 2.75) is 24.7 Å². The zero-order valence-electron chi connectivity index (χ0n) is 9.23. The van der Waals surface area contributed by atoms with Gasteiger partial charge in [-0.25, -0.2) is 9.97 Å². The van der Waals surface area contributed by atoms with Crippen molar-refractivity contribution >= 4 is 17.7 Å². The van der Waals surface area contributed by atoms with Gasteiger partial charge in [0.25, 0.3) is 0 Å². The van der Waals surface area contributed by atoms with E-state index in [4.69, 9.17) is 5.11 Å². The molecule has 0 amide bonds. The average Bonchev–Trinajstić information content (AvgIpc) is 2.57. The smallest absolute Gasteiger partial charge is 0.309 e. The standard InChI is InChI=1S/C10H13N3O2S/c1-13-4-6-7(3-9(14)15)11-10(16-2)12-8(6)5-13/h3-5H2,1-2H3,(H,14,15). The normalized spacial score (nSPS) is 15.1. The Bertz CT molecular complexity index is 436. The molecule has 1 aromatic heterocycles. The first-order valence-electron chi connectivity index (χ1n) is 4.93. The van der Waals surface area contributed by atoms with E-state index in [1.165, 1.54) is 11.8 Å². The highest BCUT2D eigenvalue weighted by Crippen LogP contribution is 2.24. The molecule has 1 aliphatic heterocycles. The fourth-order valence-corrected chi connectivity index (χ4v) is 2.24. The molecule has 5 nitrogen and oxygen atoms in total. The van der Waals surface area contributed by atoms with Crippen LogP contribution < -0.4 is 0 Å². The zero-order valence-corrected chi connectivity index (χ0v) is 10.0. The molecule has 1 aromatic rings. The molecular weight excluding hydrogens is 226 g/mol. The van der Waals surface area contributed by atoms with E-state index in [9.17, 15) is 4.79 Å². The number of thioether (sulfide) groups is 1. The lowest BCUT2D eigenvalue weighted by atomic mass is 10.1. The second-order valence-electron chi connectivity index (χ2n) is 3.83. The fourth-order valence-electron chi connectivity index (χ4n) is 1.83. The summed E-state index contributed by atoms with van der Waals surface area (Å²) in [4.78, 5) is 21.6. The Morgan fingerprint density at radius 1 is 1.50 bits per heavy atom. The van der Waals surface area contributed by atoms with Crippen LogP contribution in [-0.2, 0) is 24.3 Å². The van der Waals surface area contributed by atoms with Gasteiger partial charge in [0, 0.05) is 18.7 Å². The van der Waals surface area contributed by atoms with Crippen molar-refractivity contribution in [2.24, 2.45) is 0 Å². The second-order valence-corrected chi connectivity index (χ2v) is 4.60. The van der Waals surface area contributed by atoms with E-state index in [1.807, 2.05) is 13.3 Å². The summed E-state index contributed by atoms with van der Waals surface area (Å²) in [6.07, 6.45) is 1.87. The molecule has 1 N–H and O–H groups in total. The van der Waals surface area contributed by atoms with Gasteiger partial charge in [0.05, 0.1) is 17.8 Å². The zero-order chi connectivity index (χ0) is 11.7. The van der Waals surface area contributed by atoms with Crippen LogP contribution in [0.2, 0.25) is 0 Å². The SMILES string of the molecule is CSc1nc(CC(=O)O)c2c(n1)CN(C)C2. The predicted molar refractivity (Wildman–Crippen MR) is 60.3 cm³/mol. The summed E-state index contributed by atoms with van der Waals surface area (Å²) in [6, 6.07) is 0. The number of rotatable bonds is 3. The minimum atomic E-state index is -0.845. The van der Waals surface area contributed by atoms with Gasteiger partial charge >= 0.3 is 5.97 Å². The first-order valence-corrected chi connectivity index (χ1v) is 6.15. The molecule has 0 saturated carbocycles. The van der Waals surface area contributed by atoms with Crippen molar-refractivity contribution in [3.8, 4) is 0 Å². The summed E-state index contributed by atoms with van der Waals surface area (Å²) in [5.41, 5.74) is 2.62. The van der Waals surface area contributed by atoms with Gasteiger partial charge in [-0.1, -0.05) is 11.8 Å². The van der Waals surface area contributed by atoms with Crippen LogP contribution in [0.15, 0.2) is 5.16 Å². The molecule has 0 aliphatic carbocycles. The van der Waals surface area contributed by atoms with Crippen LogP contribution in [0.3, 0.4) is 0 Å². The first kappa shape index (κ1) is 11.3. The first-order chi connectivity index (χ1) is 7.60. The summed E-state index contributed by atoms with van der Waals surface area (Å²) in [6.45, 7) is 1.52. The van der Waals surface area contributed by atoms with E-state index < -0.39 is 5.97 Å². The van der Waals surface area contributed by atoms with E-state index in [1.54, 1.807) is 0 Å². The maximum atomic E-state index is 10.8. The Hall–Kier alpha value is -1.14. The van der Waals surface area contributed by atoms with Gasteiger partial charge < -0.3 is 5.11 Å². The largest absolute Gasteiger partial charge is 0.481 e. The number of carbonyl (C=O) groups is 1. The topological polar surface area (TPSA) is 66.3 Å². The average molecular weight is 239 g/mol. The van der Waals surface area contributed by atoms with Gasteiger partial charge in [0.15, 0.2) is 5.16 Å². The van der Waals surface area contributed by atoms with E-state index >= 15 is 0 Å². The Morgan fingerprint density at radius 2 is 2.25 bits per heavy atom. The lowest BCUT2D eigenvalue weighted by molar-refractivity contribution is -0.136. The van der Waals surface area contributed by atoms with Gasteiger partial charge in [0.2, 0.25) is 0 Å². The third kappa shape index (κ3) is 2.17. The van der Waals surface area contributed by atoms with Crippen LogP contribution in [0.5, 0.6) is 0 Å². The highest BCUT2D eigenvalue weighted by Gasteiger charge is 2.23. The minimum absolute atomic E-state index is 0.0216. The molecule has 0 atom stereocenters. The number of carboxylic acid groups (broad SMARTS) is 1. The lowest BCUT2D eigenvalue weighted by Gasteiger charge is -2.06. The van der Waals surface area contributed by atoms with Crippen molar-refractivity contribution < 1.29 is 9.90 Å². The van der Waals surface area contributed by atoms with E-state index in [2.05, 4.69) is 14.9 Å². The van der Waals surface area contributed by atoms with E-state index in [-0.39, 0.29) is 6.42 Å². The number of hydrogen-bond donors (Lipinski definition) is 1. The molecule has 2 heterocycles. The molecule has 2 rings (SSSR count). The molecule has 6 heteroatoms. The van der Waals surface area contributed by atoms with E-state index in [0.717, 1.165) is 24.3 Å². The monoisotopic (exact) mass is 239 g/mol. The Kier molecular flexibility index (Phi) is 3.11. The van der Waals surface area contributed by atoms with E-state index in [0.29, 0.717) is 10.9 Å². The van der Waals surface area contributed by atoms with Crippen LogP contribution >= 0.6 is 11.8 Å². The van der Waals surface area contributed by atoms with Crippen molar-refractivity contribution in [1.82, 2.24) is 14.9 Å². The van der Waals surface area contributed by atoms with Crippen molar-refractivity contribution in [3.63, 3.8) is 0 Å². The van der Waals surface area contributed by atoms with Crippen molar-refractivity contribution in [2.75, 3.05) is 13.3 Å². The van der Waals surface area contributed by atoms with Crippen LogP contribution in [0.4, 0.5) is 0 Å². The highest BCUT2D eigenvalue weighted by molar-refractivity contribution is 7.98. The fraction of sp³-hybridized carbons (Fsp3) is 0.500. The lowest BCUT2D eigenvalue weighted by Crippen LogP contribution is -2.10. The number of hydrogen-bond acceptors (Lipinski definition) is 5. The quantitative estimate of drug-likeness (QED) is 0.621. The van der Waals surface area contributed by atoms with Crippen LogP contribution in [-0.4, -0.2) is 39.2 Å². The summed E-state index contributed by atoms with van der Waals surface area (Å²) < 4.78 is 0. The summed E-state index contributed by atoms with van der Waals surface area (Å²) in [7, 11) is 1.99. The van der Waals surface area contributed by atoms with Gasteiger partial charge in [-0.05, 0) is 13.3 Å². The third-order valence-electron chi connectivity index (χ3n) is 2.51. The molecule has 0 spiro atoms. The molecule has 0 unspecified atom stereocenters. The van der Waals surface area contributed by atoms with Crippen LogP contribution in [0, 0.1) is 0 Å². The molecule has 0 saturated heterocycles. The van der Waals surface area contributed by atoms with Gasteiger partial charge in [-0.15, -0.1) is 0 Å². The maximum Gasteiger partial charge on any atom is 0.309 e. The number of aromatic nitrogens is 2. The van der Waals surface area contributed by atoms with Crippen molar-refractivity contribution in [3.05, 3.63) is 17.0 Å². The molecule has 0 bridgehead atoms. The molecular formula is C10H13N3O2S. The minimum Gasteiger partial charge on any atom is -0.481 e. The second kappa shape index (κ2) is 4.39. The van der Waals surface area contributed by atoms with Crippen LogP contribution in [0.1, 0.15) is 17.0 Å². The summed E-state index contributed by atoms with van der Waals surface area (Å²) in [5, 5.41) is 9.50. The number of fused-ring (bicyclic) bond motifs is 1. The molecule has 86 valence electrons. The van der Waals surface area contributed by atoms with Crippen LogP contribution in [0.25, 0.3) is 0 Å². The van der Waals surface area contributed by atoms with Crippen molar-refractivity contribution in [1.29, 1.82) is 0 Å². The Balaban J connectivity index is 2.42. The summed E-state index contributed by atoms with van der Waals surface area (Å²) >= 11 is 1.44. The Morgan fingerprint density at radius 3 is 2.88 bits per heavy atom. The number of aliphatic carboxylic acids is 1. The molecule has 1 aliphatic rings. The molecule has 0 aromatic carbocycles. The third-order valence-corrected chi connectivity index (χ3v) is 3.05. The number of carboxylic acids is 1.